The molecule has 2 aromatic heterocycles. The summed E-state index contributed by atoms with van der Waals surface area (Å²) in [5.74, 6) is 0.627. The Balaban J connectivity index is 1.73. The van der Waals surface area contributed by atoms with Crippen molar-refractivity contribution in [3.63, 3.8) is 0 Å². The third-order valence-corrected chi connectivity index (χ3v) is 5.77. The third-order valence-electron chi connectivity index (χ3n) is 3.02. The van der Waals surface area contributed by atoms with E-state index in [4.69, 9.17) is 0 Å². The number of rotatable bonds is 5. The molecule has 3 rings (SSSR count). The highest BCUT2D eigenvalue weighted by Gasteiger charge is 2.13. The Hall–Kier alpha value is -1.70. The third kappa shape index (κ3) is 4.19. The molecule has 4 nitrogen and oxygen atoms in total. The minimum absolute atomic E-state index is 0.128. The molecule has 0 aliphatic carbocycles. The molecule has 118 valence electrons. The van der Waals surface area contributed by atoms with Gasteiger partial charge in [0, 0.05) is 27.1 Å². The molecule has 0 fully saturated rings. The molecule has 2 heterocycles. The van der Waals surface area contributed by atoms with Gasteiger partial charge in [-0.05, 0) is 26.0 Å². The first-order valence-corrected chi connectivity index (χ1v) is 9.66. The number of nitrogens with one attached hydrogen (secondary N) is 1. The number of carbonyl (C=O) groups is 1. The number of amides is 1. The molecule has 0 saturated heterocycles. The van der Waals surface area contributed by atoms with E-state index in [0.717, 1.165) is 26.2 Å². The van der Waals surface area contributed by atoms with Crippen LogP contribution in [0.25, 0.3) is 0 Å². The molecule has 0 spiro atoms. The summed E-state index contributed by atoms with van der Waals surface area (Å²) >= 11 is 4.74. The van der Waals surface area contributed by atoms with Gasteiger partial charge in [-0.3, -0.25) is 10.1 Å². The Bertz CT molecular complexity index is 825. The van der Waals surface area contributed by atoms with Gasteiger partial charge in [0.25, 0.3) is 5.91 Å². The molecule has 0 aliphatic rings. The fourth-order valence-electron chi connectivity index (χ4n) is 1.98. The number of thioether (sulfide) groups is 1. The molecule has 0 aliphatic heterocycles. The van der Waals surface area contributed by atoms with Gasteiger partial charge in [-0.2, -0.15) is 0 Å². The molecule has 0 bridgehead atoms. The molecule has 0 atom stereocenters. The summed E-state index contributed by atoms with van der Waals surface area (Å²) in [5.41, 5.74) is 1.71. The first kappa shape index (κ1) is 16.2. The van der Waals surface area contributed by atoms with Crippen LogP contribution in [-0.2, 0) is 5.75 Å². The van der Waals surface area contributed by atoms with E-state index in [-0.39, 0.29) is 5.91 Å². The first-order chi connectivity index (χ1) is 11.1. The Morgan fingerprint density at radius 2 is 2.13 bits per heavy atom. The zero-order chi connectivity index (χ0) is 16.2. The summed E-state index contributed by atoms with van der Waals surface area (Å²) in [6, 6.07) is 7.62. The van der Waals surface area contributed by atoms with Crippen LogP contribution in [0.2, 0.25) is 0 Å². The maximum atomic E-state index is 12.5. The van der Waals surface area contributed by atoms with Crippen molar-refractivity contribution in [2.45, 2.75) is 24.5 Å². The van der Waals surface area contributed by atoms with Crippen LogP contribution in [-0.4, -0.2) is 15.9 Å². The fraction of sp³-hybridized carbons (Fsp3) is 0.188. The first-order valence-electron chi connectivity index (χ1n) is 6.98. The van der Waals surface area contributed by atoms with Gasteiger partial charge < -0.3 is 0 Å². The molecular formula is C16H15N3OS3. The van der Waals surface area contributed by atoms with Crippen molar-refractivity contribution in [2.24, 2.45) is 0 Å². The van der Waals surface area contributed by atoms with Gasteiger partial charge >= 0.3 is 0 Å². The highest BCUT2D eigenvalue weighted by Crippen LogP contribution is 2.28. The minimum Gasteiger partial charge on any atom is -0.298 e. The van der Waals surface area contributed by atoms with Crippen LogP contribution < -0.4 is 5.32 Å². The second-order valence-corrected chi connectivity index (χ2v) is 8.19. The number of benzene rings is 1. The largest absolute Gasteiger partial charge is 0.298 e. The lowest BCUT2D eigenvalue weighted by Crippen LogP contribution is -2.12. The lowest BCUT2D eigenvalue weighted by molar-refractivity contribution is 0.102. The summed E-state index contributed by atoms with van der Waals surface area (Å²) in [7, 11) is 0. The summed E-state index contributed by atoms with van der Waals surface area (Å²) in [4.78, 5) is 23.1. The lowest BCUT2D eigenvalue weighted by atomic mass is 10.2. The van der Waals surface area contributed by atoms with Crippen molar-refractivity contribution in [1.29, 1.82) is 0 Å². The fourth-order valence-corrected chi connectivity index (χ4v) is 4.30. The highest BCUT2D eigenvalue weighted by atomic mass is 32.2. The van der Waals surface area contributed by atoms with E-state index in [1.807, 2.05) is 38.1 Å². The summed E-state index contributed by atoms with van der Waals surface area (Å²) < 4.78 is 0. The topological polar surface area (TPSA) is 54.9 Å². The number of hydrogen-bond acceptors (Lipinski definition) is 6. The van der Waals surface area contributed by atoms with Gasteiger partial charge in [0.15, 0.2) is 5.13 Å². The van der Waals surface area contributed by atoms with Crippen molar-refractivity contribution in [1.82, 2.24) is 9.97 Å². The van der Waals surface area contributed by atoms with Crippen molar-refractivity contribution < 1.29 is 4.79 Å². The normalized spacial score (nSPS) is 10.7. The van der Waals surface area contributed by atoms with Crippen LogP contribution in [0.3, 0.4) is 0 Å². The molecule has 23 heavy (non-hydrogen) atoms. The van der Waals surface area contributed by atoms with Crippen LogP contribution in [0, 0.1) is 13.8 Å². The zero-order valence-corrected chi connectivity index (χ0v) is 15.1. The summed E-state index contributed by atoms with van der Waals surface area (Å²) in [6.45, 7) is 3.96. The van der Waals surface area contributed by atoms with Crippen molar-refractivity contribution in [3.05, 3.63) is 57.0 Å². The minimum atomic E-state index is -0.128. The number of carbonyl (C=O) groups excluding carboxylic acids is 1. The van der Waals surface area contributed by atoms with Crippen LogP contribution >= 0.6 is 34.4 Å². The predicted octanol–water partition coefficient (Wildman–Crippen LogP) is 4.76. The van der Waals surface area contributed by atoms with E-state index in [0.29, 0.717) is 10.7 Å². The number of thiazole rings is 2. The van der Waals surface area contributed by atoms with Crippen LogP contribution in [0.1, 0.15) is 25.9 Å². The monoisotopic (exact) mass is 361 g/mol. The van der Waals surface area contributed by atoms with Crippen LogP contribution in [0.5, 0.6) is 0 Å². The van der Waals surface area contributed by atoms with E-state index in [9.17, 15) is 4.79 Å². The van der Waals surface area contributed by atoms with Gasteiger partial charge in [-0.1, -0.05) is 12.1 Å². The smallest absolute Gasteiger partial charge is 0.258 e. The maximum absolute atomic E-state index is 12.5. The van der Waals surface area contributed by atoms with E-state index in [1.165, 1.54) is 11.3 Å². The SMILES string of the molecule is Cc1cnc(NC(=O)c2ccccc2SCc2csc(C)n2)s1. The van der Waals surface area contributed by atoms with Gasteiger partial charge in [0.1, 0.15) is 0 Å². The summed E-state index contributed by atoms with van der Waals surface area (Å²) in [5, 5.41) is 6.61. The van der Waals surface area contributed by atoms with E-state index in [1.54, 1.807) is 29.3 Å². The number of aryl methyl sites for hydroxylation is 2. The van der Waals surface area contributed by atoms with Crippen LogP contribution in [0.4, 0.5) is 5.13 Å². The molecule has 0 radical (unpaired) electrons. The maximum Gasteiger partial charge on any atom is 0.258 e. The lowest BCUT2D eigenvalue weighted by Gasteiger charge is -2.07. The quantitative estimate of drug-likeness (QED) is 0.666. The Labute approximate surface area is 147 Å². The van der Waals surface area contributed by atoms with Gasteiger partial charge in [-0.15, -0.1) is 34.4 Å². The van der Waals surface area contributed by atoms with Gasteiger partial charge in [0.2, 0.25) is 0 Å². The molecule has 1 amide bonds. The van der Waals surface area contributed by atoms with E-state index in [2.05, 4.69) is 20.7 Å². The number of hydrogen-bond donors (Lipinski definition) is 1. The molecule has 1 aromatic carbocycles. The molecule has 7 heteroatoms. The van der Waals surface area contributed by atoms with Crippen molar-refractivity contribution >= 4 is 45.5 Å². The molecular weight excluding hydrogens is 346 g/mol. The summed E-state index contributed by atoms with van der Waals surface area (Å²) in [6.07, 6.45) is 1.76. The van der Waals surface area contributed by atoms with Crippen molar-refractivity contribution in [3.8, 4) is 0 Å². The predicted molar refractivity (Wildman–Crippen MR) is 97.7 cm³/mol. The average Bonchev–Trinajstić information content (AvgIpc) is 3.14. The number of nitrogens with zero attached hydrogens (tertiary/aromatic N) is 2. The van der Waals surface area contributed by atoms with Gasteiger partial charge in [-0.25, -0.2) is 9.97 Å². The van der Waals surface area contributed by atoms with Gasteiger partial charge in [0.05, 0.1) is 16.3 Å². The van der Waals surface area contributed by atoms with E-state index < -0.39 is 0 Å². The molecule has 1 N–H and O–H groups in total. The zero-order valence-electron chi connectivity index (χ0n) is 12.7. The molecule has 0 unspecified atom stereocenters. The highest BCUT2D eigenvalue weighted by molar-refractivity contribution is 7.98. The van der Waals surface area contributed by atoms with E-state index >= 15 is 0 Å². The van der Waals surface area contributed by atoms with Crippen molar-refractivity contribution in [2.75, 3.05) is 5.32 Å². The Kier molecular flexibility index (Phi) is 5.09. The number of anilines is 1. The second-order valence-electron chi connectivity index (χ2n) is 4.87. The second kappa shape index (κ2) is 7.25. The molecule has 0 saturated carbocycles. The molecule has 3 aromatic rings. The standard InChI is InChI=1S/C16H15N3OS3/c1-10-7-17-16(23-10)19-15(20)13-5-3-4-6-14(13)22-9-12-8-21-11(2)18-12/h3-8H,9H2,1-2H3,(H,17,19,20). The number of aromatic nitrogens is 2. The Morgan fingerprint density at radius 1 is 1.30 bits per heavy atom. The average molecular weight is 362 g/mol. The van der Waals surface area contributed by atoms with Crippen LogP contribution in [0.15, 0.2) is 40.7 Å². The Morgan fingerprint density at radius 3 is 2.83 bits per heavy atom.